The first kappa shape index (κ1) is 69.7. The Kier molecular flexibility index (Phi) is 63.6. The molecule has 0 saturated carbocycles. The summed E-state index contributed by atoms with van der Waals surface area (Å²) in [4.78, 5) is 11.4. The molecular weight excluding hydrogens is 937 g/mol. The summed E-state index contributed by atoms with van der Waals surface area (Å²) >= 11 is 0. The van der Waals surface area contributed by atoms with Crippen LogP contribution >= 0.6 is 0 Å². The van der Waals surface area contributed by atoms with Gasteiger partial charge in [0.15, 0.2) is 0 Å². The number of rotatable bonds is 65. The fourth-order valence-corrected chi connectivity index (χ4v) is 5.78. The summed E-state index contributed by atoms with van der Waals surface area (Å²) in [6.45, 7) is 18.2. The van der Waals surface area contributed by atoms with Gasteiger partial charge in [0.25, 0.3) is 0 Å². The molecule has 71 heavy (non-hydrogen) atoms. The topological polar surface area (TPSA) is 224 Å². The molecule has 0 aliphatic carbocycles. The van der Waals surface area contributed by atoms with Gasteiger partial charge in [0.1, 0.15) is 12.7 Å². The molecule has 0 rings (SSSR count). The van der Waals surface area contributed by atoms with Crippen LogP contribution < -0.4 is 0 Å². The molecule has 21 heteroatoms. The van der Waals surface area contributed by atoms with Crippen LogP contribution in [0.2, 0.25) is 0 Å². The van der Waals surface area contributed by atoms with Crippen molar-refractivity contribution in [3.05, 3.63) is 0 Å². The van der Waals surface area contributed by atoms with E-state index in [2.05, 4.69) is 6.92 Å². The molecule has 21 nitrogen and oxygen atoms in total. The van der Waals surface area contributed by atoms with Crippen molar-refractivity contribution in [1.29, 1.82) is 0 Å². The lowest BCUT2D eigenvalue weighted by atomic mass is 10.1. The molecule has 0 saturated heterocycles. The van der Waals surface area contributed by atoms with E-state index in [4.69, 9.17) is 95.5 Å². The second-order valence-corrected chi connectivity index (χ2v) is 15.9. The average molecular weight is 1040 g/mol. The fraction of sp³-hybridized carbons (Fsp3) is 0.980. The second-order valence-electron chi connectivity index (χ2n) is 15.9. The van der Waals surface area contributed by atoms with E-state index >= 15 is 0 Å². The molecule has 0 heterocycles. The van der Waals surface area contributed by atoms with Crippen molar-refractivity contribution in [3.63, 3.8) is 0 Å². The Labute approximate surface area is 426 Å². The van der Waals surface area contributed by atoms with Gasteiger partial charge in [0.2, 0.25) is 0 Å². The minimum atomic E-state index is -1.06. The smallest absolute Gasteiger partial charge is 0.308 e. The maximum atomic E-state index is 11.4. The molecule has 1 atom stereocenters. The van der Waals surface area contributed by atoms with Crippen LogP contribution in [0.25, 0.3) is 0 Å². The fourth-order valence-electron chi connectivity index (χ4n) is 5.78. The number of carbonyl (C=O) groups is 1. The van der Waals surface area contributed by atoms with E-state index in [-0.39, 0.29) is 19.6 Å². The summed E-state index contributed by atoms with van der Waals surface area (Å²) in [5.41, 5.74) is 0. The zero-order valence-electron chi connectivity index (χ0n) is 44.0. The molecule has 0 fully saturated rings. The van der Waals surface area contributed by atoms with E-state index in [0.29, 0.717) is 211 Å². The van der Waals surface area contributed by atoms with Crippen LogP contribution in [0.5, 0.6) is 0 Å². The lowest BCUT2D eigenvalue weighted by molar-refractivity contribution is -0.148. The lowest BCUT2D eigenvalue weighted by Gasteiger charge is -2.09. The highest BCUT2D eigenvalue weighted by atomic mass is 16.6. The third-order valence-corrected chi connectivity index (χ3v) is 9.69. The van der Waals surface area contributed by atoms with Crippen molar-refractivity contribution in [2.24, 2.45) is 0 Å². The van der Waals surface area contributed by atoms with E-state index < -0.39 is 18.7 Å². The number of unbranched alkanes of at least 4 members (excludes halogenated alkanes) is 9. The van der Waals surface area contributed by atoms with Gasteiger partial charge < -0.3 is 95.5 Å². The minimum absolute atomic E-state index is 0.0619. The van der Waals surface area contributed by atoms with Gasteiger partial charge in [-0.05, 0) is 6.42 Å². The second kappa shape index (κ2) is 64.8. The first-order chi connectivity index (χ1) is 35.2. The summed E-state index contributed by atoms with van der Waals surface area (Å²) in [5.74, 6) is -0.499. The maximum absolute atomic E-state index is 11.4. The van der Waals surface area contributed by atoms with E-state index in [1.54, 1.807) is 0 Å². The Morgan fingerprint density at radius 2 is 0.493 bits per heavy atom. The van der Waals surface area contributed by atoms with Crippen LogP contribution in [0.15, 0.2) is 0 Å². The predicted molar refractivity (Wildman–Crippen MR) is 264 cm³/mol. The summed E-state index contributed by atoms with van der Waals surface area (Å²) in [6, 6.07) is 0. The number of aliphatic hydroxyl groups excluding tert-OH is 2. The molecule has 2 N–H and O–H groups in total. The maximum Gasteiger partial charge on any atom is 0.308 e. The van der Waals surface area contributed by atoms with Crippen LogP contribution in [0, 0.1) is 0 Å². The molecule has 1 unspecified atom stereocenters. The predicted octanol–water partition coefficient (Wildman–Crippen LogP) is 3.48. The van der Waals surface area contributed by atoms with Gasteiger partial charge in [-0.3, -0.25) is 4.79 Å². The van der Waals surface area contributed by atoms with Gasteiger partial charge in [0.05, 0.1) is 231 Å². The van der Waals surface area contributed by atoms with Crippen LogP contribution in [-0.2, 0) is 90.1 Å². The number of hydrogen-bond donors (Lipinski definition) is 2. The number of aliphatic hydroxyl groups is 2. The third-order valence-electron chi connectivity index (χ3n) is 9.69. The number of hydrogen-bond acceptors (Lipinski definition) is 21. The number of carbonyl (C=O) groups excluding carboxylic acids is 1. The molecule has 0 aliphatic heterocycles. The zero-order chi connectivity index (χ0) is 51.1. The molecule has 0 radical (unpaired) electrons. The third kappa shape index (κ3) is 64.8. The summed E-state index contributed by atoms with van der Waals surface area (Å²) < 4.78 is 98.3. The van der Waals surface area contributed by atoms with Crippen molar-refractivity contribution in [2.75, 3.05) is 238 Å². The van der Waals surface area contributed by atoms with Crippen LogP contribution in [0.4, 0.5) is 0 Å². The molecule has 0 aromatic rings. The van der Waals surface area contributed by atoms with Crippen LogP contribution in [0.3, 0.4) is 0 Å². The molecule has 0 bridgehead atoms. The molecule has 426 valence electrons. The zero-order valence-corrected chi connectivity index (χ0v) is 44.0. The first-order valence-corrected chi connectivity index (χ1v) is 26.5. The van der Waals surface area contributed by atoms with E-state index in [1.807, 2.05) is 0 Å². The first-order valence-electron chi connectivity index (χ1n) is 26.5. The number of ether oxygens (including phenoxy) is 18. The lowest BCUT2D eigenvalue weighted by Crippen LogP contribution is -2.22. The number of esters is 1. The Morgan fingerprint density at radius 3 is 0.718 bits per heavy atom. The minimum Gasteiger partial charge on any atom is -0.463 e. The van der Waals surface area contributed by atoms with Crippen molar-refractivity contribution >= 4 is 5.97 Å². The summed E-state index contributed by atoms with van der Waals surface area (Å²) in [7, 11) is 0. The molecule has 0 amide bonds. The molecule has 0 aromatic heterocycles. The van der Waals surface area contributed by atoms with Gasteiger partial charge in [-0.2, -0.15) is 0 Å². The van der Waals surface area contributed by atoms with Crippen LogP contribution in [0.1, 0.15) is 77.6 Å². The molecule has 0 aromatic carbocycles. The summed E-state index contributed by atoms with van der Waals surface area (Å²) in [5, 5.41) is 17.8. The SMILES string of the molecule is CCCCCCCCCCCCOCCOCCOCCOCCOCCOCCOCCOCCOCCOCCOCCOCCOCCOCCOCCOCCOCCC(=O)OCC(O)CO. The van der Waals surface area contributed by atoms with Gasteiger partial charge in [-0.1, -0.05) is 64.7 Å². The highest BCUT2D eigenvalue weighted by molar-refractivity contribution is 5.69. The quantitative estimate of drug-likeness (QED) is 0.0657. The van der Waals surface area contributed by atoms with E-state index in [9.17, 15) is 4.79 Å². The van der Waals surface area contributed by atoms with Gasteiger partial charge in [-0.25, -0.2) is 0 Å². The van der Waals surface area contributed by atoms with Crippen molar-refractivity contribution in [3.8, 4) is 0 Å². The Bertz CT molecular complexity index is 977. The van der Waals surface area contributed by atoms with Crippen molar-refractivity contribution < 1.29 is 100 Å². The standard InChI is InChI=1S/C50H100O21/c1-2-3-4-5-6-7-8-9-10-11-13-54-15-17-56-19-21-58-23-25-60-27-29-62-31-33-64-35-37-66-39-41-68-43-45-70-46-44-69-42-40-67-38-36-65-34-32-63-30-28-61-26-24-59-22-20-57-18-16-55-14-12-50(53)71-48-49(52)47-51/h49,51-52H,2-48H2,1H3. The molecular formula is C50H100O21. The Balaban J connectivity index is 3.09. The summed E-state index contributed by atoms with van der Waals surface area (Å²) in [6.07, 6.45) is 12.3. The Morgan fingerprint density at radius 1 is 0.296 bits per heavy atom. The average Bonchev–Trinajstić information content (AvgIpc) is 3.38. The Hall–Kier alpha value is -1.29. The molecule has 0 spiro atoms. The van der Waals surface area contributed by atoms with Gasteiger partial charge in [-0.15, -0.1) is 0 Å². The molecule has 0 aliphatic rings. The highest BCUT2D eigenvalue weighted by Gasteiger charge is 2.08. The monoisotopic (exact) mass is 1040 g/mol. The van der Waals surface area contributed by atoms with Crippen LogP contribution in [-0.4, -0.2) is 260 Å². The van der Waals surface area contributed by atoms with Gasteiger partial charge in [0, 0.05) is 6.61 Å². The van der Waals surface area contributed by atoms with Crippen molar-refractivity contribution in [2.45, 2.75) is 83.7 Å². The van der Waals surface area contributed by atoms with E-state index in [1.165, 1.54) is 57.8 Å². The largest absolute Gasteiger partial charge is 0.463 e. The normalized spacial score (nSPS) is 12.1. The van der Waals surface area contributed by atoms with Gasteiger partial charge >= 0.3 is 5.97 Å². The highest BCUT2D eigenvalue weighted by Crippen LogP contribution is 2.10. The van der Waals surface area contributed by atoms with Crippen molar-refractivity contribution in [1.82, 2.24) is 0 Å². The van der Waals surface area contributed by atoms with E-state index in [0.717, 1.165) is 13.0 Å².